The summed E-state index contributed by atoms with van der Waals surface area (Å²) in [6.07, 6.45) is 0.676. The highest BCUT2D eigenvalue weighted by Gasteiger charge is 2.28. The van der Waals surface area contributed by atoms with Crippen molar-refractivity contribution >= 4 is 11.7 Å². The van der Waals surface area contributed by atoms with Gasteiger partial charge >= 0.3 is 0 Å². The number of rotatable bonds is 6. The molecule has 1 aromatic heterocycles. The molecule has 0 bridgehead atoms. The molecule has 7 heteroatoms. The van der Waals surface area contributed by atoms with Gasteiger partial charge in [-0.3, -0.25) is 4.79 Å². The lowest BCUT2D eigenvalue weighted by atomic mass is 10.1. The number of nitrogens with zero attached hydrogens (tertiary/aromatic N) is 2. The van der Waals surface area contributed by atoms with Gasteiger partial charge in [0.15, 0.2) is 0 Å². The zero-order valence-electron chi connectivity index (χ0n) is 14.4. The highest BCUT2D eigenvalue weighted by atomic mass is 16.5. The van der Waals surface area contributed by atoms with Crippen molar-refractivity contribution in [1.82, 2.24) is 15.1 Å². The Balaban J connectivity index is 1.55. The molecule has 0 aliphatic carbocycles. The Morgan fingerprint density at radius 2 is 2.24 bits per heavy atom. The van der Waals surface area contributed by atoms with Crippen molar-refractivity contribution in [2.75, 3.05) is 18.9 Å². The Bertz CT molecular complexity index is 702. The number of aromatic nitrogens is 2. The van der Waals surface area contributed by atoms with Crippen molar-refractivity contribution in [3.8, 4) is 0 Å². The number of hydrogen-bond acceptors (Lipinski definition) is 5. The molecule has 3 rings (SSSR count). The van der Waals surface area contributed by atoms with E-state index in [1.807, 2.05) is 37.3 Å². The van der Waals surface area contributed by atoms with Gasteiger partial charge < -0.3 is 20.5 Å². The highest BCUT2D eigenvalue weighted by molar-refractivity contribution is 5.76. The summed E-state index contributed by atoms with van der Waals surface area (Å²) in [5, 5.41) is 7.19. The second kappa shape index (κ2) is 8.13. The standard InChI is InChI=1S/C18H24N4O3/c1-13-9-17(19)22(21-13)10-18(23)20-15-12-24-8-7-16(15)25-11-14-5-3-2-4-6-14/h2-6,9,15-16H,7-8,10-12,19H2,1H3,(H,20,23)/t15-,16+/m1/s1. The Morgan fingerprint density at radius 1 is 1.44 bits per heavy atom. The van der Waals surface area contributed by atoms with Gasteiger partial charge in [-0.25, -0.2) is 4.68 Å². The van der Waals surface area contributed by atoms with Crippen molar-refractivity contribution < 1.29 is 14.3 Å². The molecule has 0 radical (unpaired) electrons. The van der Waals surface area contributed by atoms with Crippen LogP contribution in [-0.2, 0) is 27.4 Å². The minimum atomic E-state index is -0.178. The van der Waals surface area contributed by atoms with E-state index in [0.717, 1.165) is 17.7 Å². The molecule has 2 heterocycles. The number of nitrogens with two attached hydrogens (primary N) is 1. The van der Waals surface area contributed by atoms with Gasteiger partial charge in [-0.05, 0) is 18.9 Å². The van der Waals surface area contributed by atoms with Crippen LogP contribution < -0.4 is 11.1 Å². The van der Waals surface area contributed by atoms with E-state index in [0.29, 0.717) is 25.6 Å². The van der Waals surface area contributed by atoms with Crippen LogP contribution in [-0.4, -0.2) is 41.0 Å². The van der Waals surface area contributed by atoms with Gasteiger partial charge in [0.1, 0.15) is 12.4 Å². The van der Waals surface area contributed by atoms with Crippen molar-refractivity contribution in [3.05, 3.63) is 47.7 Å². The minimum absolute atomic E-state index is 0.0744. The van der Waals surface area contributed by atoms with Gasteiger partial charge in [0.25, 0.3) is 0 Å². The fourth-order valence-corrected chi connectivity index (χ4v) is 2.91. The first-order chi connectivity index (χ1) is 12.1. The SMILES string of the molecule is Cc1cc(N)n(CC(=O)N[C@@H]2COCC[C@@H]2OCc2ccccc2)n1. The molecular formula is C18H24N4O3. The van der Waals surface area contributed by atoms with E-state index < -0.39 is 0 Å². The summed E-state index contributed by atoms with van der Waals surface area (Å²) < 4.78 is 13.0. The molecule has 0 spiro atoms. The van der Waals surface area contributed by atoms with Crippen LogP contribution in [0.25, 0.3) is 0 Å². The van der Waals surface area contributed by atoms with Crippen molar-refractivity contribution in [2.24, 2.45) is 0 Å². The quantitative estimate of drug-likeness (QED) is 0.823. The number of anilines is 1. The number of carbonyl (C=O) groups excluding carboxylic acids is 1. The lowest BCUT2D eigenvalue weighted by Gasteiger charge is -2.32. The molecule has 1 fully saturated rings. The molecular weight excluding hydrogens is 320 g/mol. The third-order valence-corrected chi connectivity index (χ3v) is 4.17. The van der Waals surface area contributed by atoms with Crippen molar-refractivity contribution in [1.29, 1.82) is 0 Å². The first kappa shape index (κ1) is 17.4. The zero-order chi connectivity index (χ0) is 17.6. The van der Waals surface area contributed by atoms with Crippen LogP contribution in [0.4, 0.5) is 5.82 Å². The van der Waals surface area contributed by atoms with Crippen LogP contribution in [0.3, 0.4) is 0 Å². The van der Waals surface area contributed by atoms with E-state index in [1.165, 1.54) is 4.68 Å². The van der Waals surface area contributed by atoms with Gasteiger partial charge in [0.2, 0.25) is 5.91 Å². The third-order valence-electron chi connectivity index (χ3n) is 4.17. The maximum atomic E-state index is 12.3. The molecule has 0 saturated carbocycles. The molecule has 1 aliphatic heterocycles. The lowest BCUT2D eigenvalue weighted by Crippen LogP contribution is -2.51. The van der Waals surface area contributed by atoms with E-state index >= 15 is 0 Å². The molecule has 1 amide bonds. The predicted octanol–water partition coefficient (Wildman–Crippen LogP) is 1.26. The van der Waals surface area contributed by atoms with E-state index in [1.54, 1.807) is 6.07 Å². The number of amides is 1. The molecule has 7 nitrogen and oxygen atoms in total. The summed E-state index contributed by atoms with van der Waals surface area (Å²) in [5.41, 5.74) is 7.73. The number of benzene rings is 1. The highest BCUT2D eigenvalue weighted by Crippen LogP contribution is 2.15. The average molecular weight is 344 g/mol. The Labute approximate surface area is 147 Å². The van der Waals surface area contributed by atoms with Gasteiger partial charge in [0.05, 0.1) is 31.1 Å². The summed E-state index contributed by atoms with van der Waals surface area (Å²) in [7, 11) is 0. The van der Waals surface area contributed by atoms with Gasteiger partial charge in [0, 0.05) is 12.7 Å². The molecule has 2 aromatic rings. The van der Waals surface area contributed by atoms with E-state index in [9.17, 15) is 4.79 Å². The zero-order valence-corrected chi connectivity index (χ0v) is 14.4. The fourth-order valence-electron chi connectivity index (χ4n) is 2.91. The molecule has 1 aromatic carbocycles. The minimum Gasteiger partial charge on any atom is -0.384 e. The normalized spacial score (nSPS) is 20.4. The summed E-state index contributed by atoms with van der Waals surface area (Å²) in [5.74, 6) is 0.322. The fraction of sp³-hybridized carbons (Fsp3) is 0.444. The summed E-state index contributed by atoms with van der Waals surface area (Å²) in [6, 6.07) is 11.6. The average Bonchev–Trinajstić information content (AvgIpc) is 2.92. The molecule has 2 atom stereocenters. The molecule has 134 valence electrons. The number of hydrogen-bond donors (Lipinski definition) is 2. The number of aryl methyl sites for hydroxylation is 1. The Hall–Kier alpha value is -2.38. The molecule has 1 saturated heterocycles. The predicted molar refractivity (Wildman–Crippen MR) is 93.8 cm³/mol. The van der Waals surface area contributed by atoms with Crippen LogP contribution in [0.15, 0.2) is 36.4 Å². The number of nitrogens with one attached hydrogen (secondary N) is 1. The molecule has 0 unspecified atom stereocenters. The van der Waals surface area contributed by atoms with E-state index in [4.69, 9.17) is 15.2 Å². The van der Waals surface area contributed by atoms with Crippen LogP contribution in [0.1, 0.15) is 17.7 Å². The Morgan fingerprint density at radius 3 is 2.96 bits per heavy atom. The van der Waals surface area contributed by atoms with Crippen LogP contribution in [0.2, 0.25) is 0 Å². The monoisotopic (exact) mass is 344 g/mol. The molecule has 1 aliphatic rings. The van der Waals surface area contributed by atoms with Gasteiger partial charge in [-0.2, -0.15) is 5.10 Å². The summed E-state index contributed by atoms with van der Waals surface area (Å²) in [4.78, 5) is 12.3. The Kier molecular flexibility index (Phi) is 5.67. The number of nitrogen functional groups attached to an aromatic ring is 1. The molecule has 3 N–H and O–H groups in total. The van der Waals surface area contributed by atoms with Crippen molar-refractivity contribution in [3.63, 3.8) is 0 Å². The van der Waals surface area contributed by atoms with Gasteiger partial charge in [-0.15, -0.1) is 0 Å². The van der Waals surface area contributed by atoms with Crippen LogP contribution in [0, 0.1) is 6.92 Å². The summed E-state index contributed by atoms with van der Waals surface area (Å²) >= 11 is 0. The maximum absolute atomic E-state index is 12.3. The van der Waals surface area contributed by atoms with Gasteiger partial charge in [-0.1, -0.05) is 30.3 Å². The number of ether oxygens (including phenoxy) is 2. The van der Waals surface area contributed by atoms with E-state index in [2.05, 4.69) is 10.4 Å². The second-order valence-corrected chi connectivity index (χ2v) is 6.24. The second-order valence-electron chi connectivity index (χ2n) is 6.24. The maximum Gasteiger partial charge on any atom is 0.242 e. The third kappa shape index (κ3) is 4.80. The van der Waals surface area contributed by atoms with Crippen molar-refractivity contribution in [2.45, 2.75) is 38.6 Å². The topological polar surface area (TPSA) is 91.4 Å². The largest absolute Gasteiger partial charge is 0.384 e. The lowest BCUT2D eigenvalue weighted by molar-refractivity contribution is -0.127. The number of carbonyl (C=O) groups is 1. The smallest absolute Gasteiger partial charge is 0.242 e. The van der Waals surface area contributed by atoms with Crippen LogP contribution in [0.5, 0.6) is 0 Å². The first-order valence-electron chi connectivity index (χ1n) is 8.44. The van der Waals surface area contributed by atoms with E-state index in [-0.39, 0.29) is 24.6 Å². The first-order valence-corrected chi connectivity index (χ1v) is 8.44. The van der Waals surface area contributed by atoms with Crippen LogP contribution >= 0.6 is 0 Å². The summed E-state index contributed by atoms with van der Waals surface area (Å²) in [6.45, 7) is 3.52. The molecule has 25 heavy (non-hydrogen) atoms.